The quantitative estimate of drug-likeness (QED) is 0.0371. The van der Waals surface area contributed by atoms with Crippen LogP contribution in [-0.2, 0) is 65.4 Å². The summed E-state index contributed by atoms with van der Waals surface area (Å²) < 4.78 is 262. The van der Waals surface area contributed by atoms with E-state index < -0.39 is 31.2 Å². The van der Waals surface area contributed by atoms with Crippen LogP contribution in [0.25, 0.3) is 102 Å². The van der Waals surface area contributed by atoms with Gasteiger partial charge in [-0.05, 0) is 156 Å². The number of ether oxygens (including phenoxy) is 4. The summed E-state index contributed by atoms with van der Waals surface area (Å²) in [4.78, 5) is 63.1. The van der Waals surface area contributed by atoms with Crippen LogP contribution in [0.2, 0.25) is 0 Å². The Kier molecular flexibility index (Phi) is 32.7. The molecule has 0 aliphatic rings. The molecule has 0 N–H and O–H groups in total. The van der Waals surface area contributed by atoms with Gasteiger partial charge in [-0.25, -0.2) is 19.9 Å². The Bertz CT molecular complexity index is 5770. The Morgan fingerprint density at radius 1 is 0.157 bits per heavy atom. The minimum absolute atomic E-state index is 0. The first-order valence-electron chi connectivity index (χ1n) is 37.4. The van der Waals surface area contributed by atoms with Crippen LogP contribution in [0, 0.1) is 0 Å². The van der Waals surface area contributed by atoms with Crippen molar-refractivity contribution in [2.75, 3.05) is 0 Å². The van der Waals surface area contributed by atoms with Crippen LogP contribution in [-0.4, -0.2) is 69.8 Å². The van der Waals surface area contributed by atoms with E-state index in [1.807, 2.05) is 279 Å². The Labute approximate surface area is 770 Å². The molecule has 14 aromatic heterocycles. The molecule has 48 heteroatoms. The number of halogens is 24. The second-order valence-corrected chi connectivity index (χ2v) is 34.7. The molecule has 0 amide bonds. The molecule has 0 bridgehead atoms. The average Bonchev–Trinajstić information content (AvgIpc) is 0.793. The average molecular weight is 2140 g/mol. The van der Waals surface area contributed by atoms with Gasteiger partial charge in [0.15, 0.2) is 0 Å². The summed E-state index contributed by atoms with van der Waals surface area (Å²) in [7, 11) is -42.6. The molecule has 134 heavy (non-hydrogen) atoms. The zero-order chi connectivity index (χ0) is 95.8. The summed E-state index contributed by atoms with van der Waals surface area (Å²) in [5.74, 6) is 2.71. The number of hydrogen-bond donors (Lipinski definition) is 0. The standard InChI is InChI=1S/C56H42N8O4.2C15H11N3.4F6P.2Ru/c1-5-23-57-47(9-1)53-31-45(32-54(63-53)48-10-2-6-24-58-48)67-37-41-17-13-39(14-18-41)35-65-43-21-27-61-51(29-43)52-30-44(22-28-62-52)66-36-40-15-19-42(20-16-40)38-68-46-33-55(49-11-3-7-25-59-49)64-56(34-46)50-12-4-8-26-60-50;2*1-3-10-16-12(6-1)14-8-5-9-15(18-14)13-7-2-4-11-17-13;4*1-7(2,3,4,5)6;;/h1-34H,35-38H2;2*1-11H;;;;;;/q;;;4*-1;2*+2. The Morgan fingerprint density at radius 3 is 0.485 bits per heavy atom. The summed E-state index contributed by atoms with van der Waals surface area (Å²) in [5, 5.41) is 0. The Hall–Kier alpha value is -13.0. The van der Waals surface area contributed by atoms with Crippen molar-refractivity contribution in [2.24, 2.45) is 0 Å². The summed E-state index contributed by atoms with van der Waals surface area (Å²) in [6.45, 7) is 1.50. The van der Waals surface area contributed by atoms with Crippen molar-refractivity contribution in [3.05, 3.63) is 363 Å². The van der Waals surface area contributed by atoms with Crippen LogP contribution in [0.5, 0.6) is 23.0 Å². The van der Waals surface area contributed by atoms with Gasteiger partial charge in [0.1, 0.15) is 49.4 Å². The molecule has 0 aliphatic heterocycles. The predicted molar refractivity (Wildman–Crippen MR) is 455 cm³/mol. The first-order chi connectivity index (χ1) is 61.3. The number of nitrogens with zero attached hydrogens (tertiary/aromatic N) is 14. The van der Waals surface area contributed by atoms with E-state index in [2.05, 4.69) is 59.8 Å². The number of hydrogen-bond acceptors (Lipinski definition) is 18. The maximum absolute atomic E-state index is 10.7. The number of benzene rings is 2. The molecule has 0 atom stereocenters. The van der Waals surface area contributed by atoms with Gasteiger partial charge in [0.05, 0.1) is 102 Å². The summed E-state index contributed by atoms with van der Waals surface area (Å²) in [6, 6.07) is 89.3. The van der Waals surface area contributed by atoms with Crippen LogP contribution >= 0.6 is 31.2 Å². The molecule has 0 spiro atoms. The van der Waals surface area contributed by atoms with Gasteiger partial charge in [-0.15, -0.1) is 0 Å². The van der Waals surface area contributed by atoms with E-state index in [0.717, 1.165) is 90.6 Å². The van der Waals surface area contributed by atoms with Crippen molar-refractivity contribution in [1.82, 2.24) is 69.8 Å². The molecule has 16 aromatic rings. The molecular weight excluding hydrogens is 2080 g/mol. The fourth-order valence-corrected chi connectivity index (χ4v) is 10.7. The molecule has 18 nitrogen and oxygen atoms in total. The third-order valence-corrected chi connectivity index (χ3v) is 15.9. The molecule has 706 valence electrons. The van der Waals surface area contributed by atoms with E-state index in [9.17, 15) is 101 Å². The van der Waals surface area contributed by atoms with Gasteiger partial charge in [0, 0.05) is 98.4 Å². The third-order valence-electron chi connectivity index (χ3n) is 15.9. The third kappa shape index (κ3) is 45.4. The second-order valence-electron chi connectivity index (χ2n) is 27.1. The minimum atomic E-state index is -10.7. The van der Waals surface area contributed by atoms with Gasteiger partial charge in [0.25, 0.3) is 0 Å². The van der Waals surface area contributed by atoms with E-state index in [1.54, 1.807) is 62.0 Å². The van der Waals surface area contributed by atoms with E-state index in [-0.39, 0.29) is 39.0 Å². The van der Waals surface area contributed by atoms with Crippen molar-refractivity contribution in [1.29, 1.82) is 0 Å². The van der Waals surface area contributed by atoms with Gasteiger partial charge in [-0.2, -0.15) is 0 Å². The van der Waals surface area contributed by atoms with Gasteiger partial charge >= 0.3 is 171 Å². The molecule has 0 unspecified atom stereocenters. The smallest absolute Gasteiger partial charge is 0.489 e. The first kappa shape index (κ1) is 106. The number of pyridine rings is 14. The molecule has 14 heterocycles. The zero-order valence-electron chi connectivity index (χ0n) is 67.6. The second kappa shape index (κ2) is 41.3. The molecule has 2 aromatic carbocycles. The van der Waals surface area contributed by atoms with E-state index >= 15 is 0 Å². The first-order valence-corrected chi connectivity index (χ1v) is 45.6. The van der Waals surface area contributed by atoms with Crippen molar-refractivity contribution >= 4 is 31.2 Å². The van der Waals surface area contributed by atoms with Crippen molar-refractivity contribution < 1.29 is 159 Å². The topological polar surface area (TPSA) is 217 Å². The van der Waals surface area contributed by atoms with Gasteiger partial charge in [0.2, 0.25) is 0 Å². The van der Waals surface area contributed by atoms with Crippen LogP contribution in [0.1, 0.15) is 22.3 Å². The molecule has 0 saturated carbocycles. The maximum atomic E-state index is 9.87. The van der Waals surface area contributed by atoms with Gasteiger partial charge < -0.3 is 18.9 Å². The van der Waals surface area contributed by atoms with Crippen molar-refractivity contribution in [3.8, 4) is 125 Å². The Balaban J connectivity index is 0.000000266. The number of aromatic nitrogens is 14. The number of rotatable bonds is 21. The van der Waals surface area contributed by atoms with E-state index in [1.165, 1.54) is 0 Å². The molecule has 0 radical (unpaired) electrons. The molecular formula is C86H64F24N14O4P4Ru2. The Morgan fingerprint density at radius 2 is 0.306 bits per heavy atom. The zero-order valence-corrected chi connectivity index (χ0v) is 74.7. The largest absolute Gasteiger partial charge is 2.00 e. The fourth-order valence-electron chi connectivity index (χ4n) is 10.7. The van der Waals surface area contributed by atoms with Crippen molar-refractivity contribution in [2.45, 2.75) is 26.4 Å². The van der Waals surface area contributed by atoms with Crippen LogP contribution in [0.3, 0.4) is 0 Å². The predicted octanol–water partition coefficient (Wildman–Crippen LogP) is 31.4. The molecule has 0 fully saturated rings. The normalized spacial score (nSPS) is 13.1. The summed E-state index contributed by atoms with van der Waals surface area (Å²) in [5.41, 5.74) is 18.2. The van der Waals surface area contributed by atoms with E-state index in [0.29, 0.717) is 83.6 Å². The van der Waals surface area contributed by atoms with E-state index in [4.69, 9.17) is 28.9 Å². The SMILES string of the molecule is F[P-](F)(F)(F)(F)F.F[P-](F)(F)(F)(F)F.F[P-](F)(F)(F)(F)F.F[P-](F)(F)(F)(F)F.[Ru+2].[Ru+2].c1ccc(-c2cc(OCc3ccc(COc4ccnc(-c5cc(OCc6ccc(COc7cc(-c8ccccn8)nc(-c8ccccn8)c7)cc6)ccn5)c4)cc3)cc(-c3ccccn3)n2)nc1.c1ccc(-c2cccc(-c3ccccn3)n2)nc1.c1ccc(-c2cccc(-c3ccccn3)n2)nc1. The molecule has 0 aliphatic carbocycles. The van der Waals surface area contributed by atoms with Crippen LogP contribution < -0.4 is 18.9 Å². The molecule has 16 rings (SSSR count). The maximum Gasteiger partial charge on any atom is 2.00 e. The summed E-state index contributed by atoms with van der Waals surface area (Å²) >= 11 is 0. The van der Waals surface area contributed by atoms with Crippen LogP contribution in [0.4, 0.5) is 101 Å². The fraction of sp³-hybridized carbons (Fsp3) is 0.0465. The van der Waals surface area contributed by atoms with Crippen molar-refractivity contribution in [3.63, 3.8) is 0 Å². The monoisotopic (exact) mass is 2140 g/mol. The van der Waals surface area contributed by atoms with Gasteiger partial charge in [-0.3, -0.25) is 49.8 Å². The molecule has 0 saturated heterocycles. The summed E-state index contributed by atoms with van der Waals surface area (Å²) in [6.07, 6.45) is 17.5. The minimum Gasteiger partial charge on any atom is -0.489 e. The van der Waals surface area contributed by atoms with Gasteiger partial charge in [-0.1, -0.05) is 109 Å². The van der Waals surface area contributed by atoms with Crippen LogP contribution in [0.15, 0.2) is 341 Å².